The smallest absolute Gasteiger partial charge is 0.219 e. The molecule has 0 amide bonds. The number of hydrogen-bond donors (Lipinski definition) is 1. The summed E-state index contributed by atoms with van der Waals surface area (Å²) in [6.07, 6.45) is 3.70. The van der Waals surface area contributed by atoms with Gasteiger partial charge in [0.15, 0.2) is 0 Å². The fourth-order valence-electron chi connectivity index (χ4n) is 4.32. The standard InChI is InChI=1S/C27H26N4O2S2/c32-35(33,22-16-8-3-9-17-22)31-23-18-10-11-19-24(23)34-27-28-25(20-12-4-1-5-13-20)26(29-30-27)21-14-6-2-7-15-21/h1-9,12-17,23-24,31H,10-11,18-19H2/t23-,24+/m1/s1. The van der Waals surface area contributed by atoms with Crippen molar-refractivity contribution in [2.24, 2.45) is 0 Å². The predicted molar refractivity (Wildman–Crippen MR) is 139 cm³/mol. The van der Waals surface area contributed by atoms with E-state index < -0.39 is 10.0 Å². The summed E-state index contributed by atoms with van der Waals surface area (Å²) in [6.45, 7) is 0. The van der Waals surface area contributed by atoms with E-state index in [-0.39, 0.29) is 16.2 Å². The normalized spacial score (nSPS) is 18.3. The number of thioether (sulfide) groups is 1. The largest absolute Gasteiger partial charge is 0.240 e. The van der Waals surface area contributed by atoms with E-state index in [1.54, 1.807) is 24.3 Å². The first-order chi connectivity index (χ1) is 17.1. The lowest BCUT2D eigenvalue weighted by atomic mass is 9.96. The quantitative estimate of drug-likeness (QED) is 0.355. The molecule has 0 radical (unpaired) electrons. The van der Waals surface area contributed by atoms with Gasteiger partial charge in [-0.25, -0.2) is 18.1 Å². The Bertz CT molecular complexity index is 1370. The van der Waals surface area contributed by atoms with Crippen molar-refractivity contribution in [2.75, 3.05) is 0 Å². The molecule has 1 fully saturated rings. The van der Waals surface area contributed by atoms with Gasteiger partial charge in [0.25, 0.3) is 0 Å². The Morgan fingerprint density at radius 2 is 1.29 bits per heavy atom. The van der Waals surface area contributed by atoms with Crippen LogP contribution >= 0.6 is 11.8 Å². The van der Waals surface area contributed by atoms with Crippen LogP contribution in [-0.2, 0) is 10.0 Å². The maximum absolute atomic E-state index is 13.0. The second-order valence-electron chi connectivity index (χ2n) is 8.51. The van der Waals surface area contributed by atoms with Gasteiger partial charge in [0, 0.05) is 22.4 Å². The van der Waals surface area contributed by atoms with Crippen LogP contribution in [0.3, 0.4) is 0 Å². The Balaban J connectivity index is 1.43. The van der Waals surface area contributed by atoms with Crippen molar-refractivity contribution in [3.8, 4) is 22.5 Å². The summed E-state index contributed by atoms with van der Waals surface area (Å²) in [6, 6.07) is 28.2. The van der Waals surface area contributed by atoms with E-state index in [0.29, 0.717) is 5.16 Å². The monoisotopic (exact) mass is 502 g/mol. The first kappa shape index (κ1) is 23.7. The molecule has 0 aliphatic heterocycles. The number of rotatable bonds is 7. The van der Waals surface area contributed by atoms with Crippen molar-refractivity contribution in [1.29, 1.82) is 0 Å². The number of nitrogens with zero attached hydrogens (tertiary/aromatic N) is 3. The van der Waals surface area contributed by atoms with Crippen LogP contribution in [-0.4, -0.2) is 34.9 Å². The number of sulfonamides is 1. The lowest BCUT2D eigenvalue weighted by molar-refractivity contribution is 0.422. The SMILES string of the molecule is O=S(=O)(N[C@@H]1CCCC[C@@H]1Sc1nnc(-c2ccccc2)c(-c2ccccc2)n1)c1ccccc1. The van der Waals surface area contributed by atoms with Crippen molar-refractivity contribution < 1.29 is 8.42 Å². The molecule has 5 rings (SSSR count). The first-order valence-corrected chi connectivity index (χ1v) is 14.1. The van der Waals surface area contributed by atoms with Crippen LogP contribution < -0.4 is 4.72 Å². The molecule has 0 spiro atoms. The third-order valence-corrected chi connectivity index (χ3v) is 8.84. The Morgan fingerprint density at radius 1 is 0.714 bits per heavy atom. The molecule has 1 aliphatic rings. The van der Waals surface area contributed by atoms with Crippen molar-refractivity contribution in [3.63, 3.8) is 0 Å². The van der Waals surface area contributed by atoms with Crippen molar-refractivity contribution in [1.82, 2.24) is 19.9 Å². The summed E-state index contributed by atoms with van der Waals surface area (Å²) in [5.74, 6) is 0. The lowest BCUT2D eigenvalue weighted by Gasteiger charge is -2.31. The van der Waals surface area contributed by atoms with Gasteiger partial charge in [-0.15, -0.1) is 10.2 Å². The molecule has 35 heavy (non-hydrogen) atoms. The highest BCUT2D eigenvalue weighted by Gasteiger charge is 2.31. The zero-order valence-corrected chi connectivity index (χ0v) is 20.8. The van der Waals surface area contributed by atoms with E-state index in [1.165, 1.54) is 11.8 Å². The summed E-state index contributed by atoms with van der Waals surface area (Å²) >= 11 is 1.51. The van der Waals surface area contributed by atoms with Gasteiger partial charge >= 0.3 is 0 Å². The van der Waals surface area contributed by atoms with Gasteiger partial charge in [0.05, 0.1) is 4.90 Å². The minimum atomic E-state index is -3.60. The number of hydrogen-bond acceptors (Lipinski definition) is 6. The molecule has 1 aliphatic carbocycles. The molecule has 1 saturated carbocycles. The molecule has 1 aromatic heterocycles. The van der Waals surface area contributed by atoms with Crippen LogP contribution in [0, 0.1) is 0 Å². The van der Waals surface area contributed by atoms with Gasteiger partial charge < -0.3 is 0 Å². The van der Waals surface area contributed by atoms with Gasteiger partial charge in [-0.2, -0.15) is 0 Å². The third-order valence-electron chi connectivity index (χ3n) is 6.08. The topological polar surface area (TPSA) is 84.8 Å². The van der Waals surface area contributed by atoms with Crippen LogP contribution in [0.4, 0.5) is 0 Å². The fourth-order valence-corrected chi connectivity index (χ4v) is 6.90. The van der Waals surface area contributed by atoms with Gasteiger partial charge in [-0.1, -0.05) is 103 Å². The van der Waals surface area contributed by atoms with Crippen LogP contribution in [0.2, 0.25) is 0 Å². The highest BCUT2D eigenvalue weighted by Crippen LogP contribution is 2.35. The average molecular weight is 503 g/mol. The molecule has 0 saturated heterocycles. The highest BCUT2D eigenvalue weighted by atomic mass is 32.2. The Hall–Kier alpha value is -3.07. The van der Waals surface area contributed by atoms with E-state index in [4.69, 9.17) is 4.98 Å². The molecule has 0 bridgehead atoms. The second kappa shape index (κ2) is 10.7. The zero-order valence-electron chi connectivity index (χ0n) is 19.1. The molecule has 6 nitrogen and oxygen atoms in total. The lowest BCUT2D eigenvalue weighted by Crippen LogP contribution is -2.43. The maximum Gasteiger partial charge on any atom is 0.240 e. The third kappa shape index (κ3) is 5.61. The Morgan fingerprint density at radius 3 is 1.94 bits per heavy atom. The zero-order chi connectivity index (χ0) is 24.1. The van der Waals surface area contributed by atoms with Crippen LogP contribution in [0.25, 0.3) is 22.5 Å². The van der Waals surface area contributed by atoms with Crippen molar-refractivity contribution in [2.45, 2.75) is 47.0 Å². The van der Waals surface area contributed by atoms with Gasteiger partial charge in [-0.05, 0) is 25.0 Å². The van der Waals surface area contributed by atoms with E-state index >= 15 is 0 Å². The summed E-state index contributed by atoms with van der Waals surface area (Å²) in [4.78, 5) is 5.20. The Labute approximate surface area is 210 Å². The molecular formula is C27H26N4O2S2. The van der Waals surface area contributed by atoms with Crippen LogP contribution in [0.15, 0.2) is 101 Å². The van der Waals surface area contributed by atoms with E-state index in [9.17, 15) is 8.42 Å². The maximum atomic E-state index is 13.0. The van der Waals surface area contributed by atoms with Gasteiger partial charge in [0.2, 0.25) is 15.2 Å². The summed E-state index contributed by atoms with van der Waals surface area (Å²) in [5, 5.41) is 9.59. The highest BCUT2D eigenvalue weighted by molar-refractivity contribution is 7.99. The first-order valence-electron chi connectivity index (χ1n) is 11.7. The number of nitrogens with one attached hydrogen (secondary N) is 1. The van der Waals surface area contributed by atoms with E-state index in [1.807, 2.05) is 66.7 Å². The summed E-state index contributed by atoms with van der Waals surface area (Å²) in [5.41, 5.74) is 3.42. The van der Waals surface area contributed by atoms with Gasteiger partial charge in [-0.3, -0.25) is 0 Å². The molecule has 1 heterocycles. The van der Waals surface area contributed by atoms with E-state index in [0.717, 1.165) is 48.2 Å². The molecular weight excluding hydrogens is 476 g/mol. The second-order valence-corrected chi connectivity index (χ2v) is 11.4. The molecule has 2 atom stereocenters. The molecule has 1 N–H and O–H groups in total. The number of aromatic nitrogens is 3. The summed E-state index contributed by atoms with van der Waals surface area (Å²) < 4.78 is 28.9. The van der Waals surface area contributed by atoms with E-state index in [2.05, 4.69) is 14.9 Å². The average Bonchev–Trinajstić information content (AvgIpc) is 2.91. The minimum absolute atomic E-state index is 0.0234. The van der Waals surface area contributed by atoms with Crippen LogP contribution in [0.1, 0.15) is 25.7 Å². The molecule has 4 aromatic rings. The molecule has 0 unspecified atom stereocenters. The summed E-state index contributed by atoms with van der Waals surface area (Å²) in [7, 11) is -3.60. The predicted octanol–water partition coefficient (Wildman–Crippen LogP) is 5.59. The van der Waals surface area contributed by atoms with Crippen molar-refractivity contribution in [3.05, 3.63) is 91.0 Å². The van der Waals surface area contributed by atoms with Crippen molar-refractivity contribution >= 4 is 21.8 Å². The number of benzene rings is 3. The minimum Gasteiger partial charge on any atom is -0.219 e. The van der Waals surface area contributed by atoms with Crippen LogP contribution in [0.5, 0.6) is 0 Å². The molecule has 8 heteroatoms. The fraction of sp³-hybridized carbons (Fsp3) is 0.222. The molecule has 178 valence electrons. The Kier molecular flexibility index (Phi) is 7.22. The van der Waals surface area contributed by atoms with Gasteiger partial charge in [0.1, 0.15) is 11.4 Å². The molecule has 3 aromatic carbocycles.